The molecule has 2 nitrogen and oxygen atoms in total. The molecule has 0 aliphatic carbocycles. The highest BCUT2D eigenvalue weighted by Crippen LogP contribution is 2.23. The predicted molar refractivity (Wildman–Crippen MR) is 90.4 cm³/mol. The van der Waals surface area contributed by atoms with Crippen molar-refractivity contribution in [1.29, 1.82) is 0 Å². The topological polar surface area (TPSA) is 29.1 Å². The van der Waals surface area contributed by atoms with E-state index in [0.717, 1.165) is 31.4 Å². The van der Waals surface area contributed by atoms with Crippen LogP contribution in [-0.2, 0) is 4.79 Å². The molecule has 0 radical (unpaired) electrons. The van der Waals surface area contributed by atoms with Crippen LogP contribution in [0.25, 0.3) is 0 Å². The Hall–Kier alpha value is -1.31. The zero-order valence-corrected chi connectivity index (χ0v) is 13.9. The fourth-order valence-corrected chi connectivity index (χ4v) is 2.52. The van der Waals surface area contributed by atoms with Crippen LogP contribution in [0.15, 0.2) is 30.3 Å². The predicted octanol–water partition coefficient (Wildman–Crippen LogP) is 4.90. The summed E-state index contributed by atoms with van der Waals surface area (Å²) in [4.78, 5) is 12.5. The third kappa shape index (κ3) is 7.31. The Kier molecular flexibility index (Phi) is 8.80. The summed E-state index contributed by atoms with van der Waals surface area (Å²) in [5, 5.41) is 3.11. The van der Waals surface area contributed by atoms with Crippen LogP contribution in [0.3, 0.4) is 0 Å². The van der Waals surface area contributed by atoms with E-state index in [0.29, 0.717) is 5.92 Å². The lowest BCUT2D eigenvalue weighted by molar-refractivity contribution is -0.122. The van der Waals surface area contributed by atoms with Gasteiger partial charge in [0, 0.05) is 6.54 Å². The average molecular weight is 289 g/mol. The summed E-state index contributed by atoms with van der Waals surface area (Å²) >= 11 is 0. The Balaban J connectivity index is 2.56. The van der Waals surface area contributed by atoms with E-state index in [1.807, 2.05) is 18.2 Å². The van der Waals surface area contributed by atoms with Crippen LogP contribution in [0.1, 0.15) is 70.8 Å². The molecule has 0 aliphatic heterocycles. The molecule has 0 bridgehead atoms. The minimum atomic E-state index is 0.00946. The molecule has 0 aliphatic rings. The second kappa shape index (κ2) is 10.4. The Labute approximate surface area is 130 Å². The van der Waals surface area contributed by atoms with E-state index in [1.165, 1.54) is 19.3 Å². The van der Waals surface area contributed by atoms with Crippen LogP contribution in [0, 0.1) is 5.92 Å². The maximum absolute atomic E-state index is 12.5. The summed E-state index contributed by atoms with van der Waals surface area (Å²) < 4.78 is 0. The van der Waals surface area contributed by atoms with Crippen molar-refractivity contribution in [1.82, 2.24) is 5.32 Å². The Bertz CT molecular complexity index is 386. The van der Waals surface area contributed by atoms with Crippen molar-refractivity contribution in [2.24, 2.45) is 5.92 Å². The van der Waals surface area contributed by atoms with Crippen molar-refractivity contribution in [3.8, 4) is 0 Å². The molecule has 0 aromatic heterocycles. The Morgan fingerprint density at radius 1 is 1.05 bits per heavy atom. The SMILES string of the molecule is CCCCCCC(C(=O)NCCC(C)C)c1ccccc1. The lowest BCUT2D eigenvalue weighted by Gasteiger charge is -2.18. The highest BCUT2D eigenvalue weighted by Gasteiger charge is 2.19. The second-order valence-electron chi connectivity index (χ2n) is 6.29. The Morgan fingerprint density at radius 2 is 1.76 bits per heavy atom. The van der Waals surface area contributed by atoms with Crippen LogP contribution in [0.5, 0.6) is 0 Å². The molecule has 1 N–H and O–H groups in total. The van der Waals surface area contributed by atoms with Crippen LogP contribution in [-0.4, -0.2) is 12.5 Å². The lowest BCUT2D eigenvalue weighted by atomic mass is 9.92. The molecule has 0 saturated carbocycles. The van der Waals surface area contributed by atoms with E-state index in [9.17, 15) is 4.79 Å². The molecule has 118 valence electrons. The molecule has 1 aromatic rings. The number of nitrogens with one attached hydrogen (secondary N) is 1. The summed E-state index contributed by atoms with van der Waals surface area (Å²) in [6, 6.07) is 10.2. The maximum atomic E-state index is 12.5. The van der Waals surface area contributed by atoms with Crippen molar-refractivity contribution in [3.05, 3.63) is 35.9 Å². The molecule has 0 fully saturated rings. The molecular weight excluding hydrogens is 258 g/mol. The van der Waals surface area contributed by atoms with Crippen molar-refractivity contribution < 1.29 is 4.79 Å². The van der Waals surface area contributed by atoms with Gasteiger partial charge in [-0.15, -0.1) is 0 Å². The summed E-state index contributed by atoms with van der Waals surface area (Å²) in [6.45, 7) is 7.37. The zero-order chi connectivity index (χ0) is 15.5. The van der Waals surface area contributed by atoms with Gasteiger partial charge in [-0.25, -0.2) is 0 Å². The molecule has 0 saturated heterocycles. The molecular formula is C19H31NO. The van der Waals surface area contributed by atoms with Crippen LogP contribution >= 0.6 is 0 Å². The number of rotatable bonds is 10. The largest absolute Gasteiger partial charge is 0.356 e. The smallest absolute Gasteiger partial charge is 0.227 e. The Morgan fingerprint density at radius 3 is 2.38 bits per heavy atom. The van der Waals surface area contributed by atoms with E-state index < -0.39 is 0 Å². The molecule has 1 rings (SSSR count). The van der Waals surface area contributed by atoms with Gasteiger partial charge in [-0.2, -0.15) is 0 Å². The number of carbonyl (C=O) groups excluding carboxylic acids is 1. The highest BCUT2D eigenvalue weighted by molar-refractivity contribution is 5.83. The minimum absolute atomic E-state index is 0.00946. The average Bonchev–Trinajstić information content (AvgIpc) is 2.47. The number of carbonyl (C=O) groups is 1. The summed E-state index contributed by atoms with van der Waals surface area (Å²) in [5.41, 5.74) is 1.15. The van der Waals surface area contributed by atoms with Gasteiger partial charge in [0.15, 0.2) is 0 Å². The first kappa shape index (κ1) is 17.7. The summed E-state index contributed by atoms with van der Waals surface area (Å²) in [7, 11) is 0. The van der Waals surface area contributed by atoms with Crippen molar-refractivity contribution >= 4 is 5.91 Å². The van der Waals surface area contributed by atoms with Gasteiger partial charge in [0.1, 0.15) is 0 Å². The first-order chi connectivity index (χ1) is 10.1. The molecule has 1 amide bonds. The molecule has 1 aromatic carbocycles. The van der Waals surface area contributed by atoms with Gasteiger partial charge in [0.05, 0.1) is 5.92 Å². The van der Waals surface area contributed by atoms with Crippen molar-refractivity contribution in [3.63, 3.8) is 0 Å². The minimum Gasteiger partial charge on any atom is -0.356 e. The standard InChI is InChI=1S/C19H31NO/c1-4-5-6-10-13-18(17-11-8-7-9-12-17)19(21)20-15-14-16(2)3/h7-9,11-12,16,18H,4-6,10,13-15H2,1-3H3,(H,20,21). The fourth-order valence-electron chi connectivity index (χ4n) is 2.52. The molecule has 0 heterocycles. The molecule has 1 atom stereocenters. The summed E-state index contributed by atoms with van der Waals surface area (Å²) in [5.74, 6) is 0.832. The van der Waals surface area contributed by atoms with Crippen molar-refractivity contribution in [2.75, 3.05) is 6.54 Å². The van der Waals surface area contributed by atoms with Gasteiger partial charge >= 0.3 is 0 Å². The van der Waals surface area contributed by atoms with Gasteiger partial charge < -0.3 is 5.32 Å². The maximum Gasteiger partial charge on any atom is 0.227 e. The molecule has 0 spiro atoms. The number of benzene rings is 1. The van der Waals surface area contributed by atoms with Gasteiger partial charge in [-0.3, -0.25) is 4.79 Å². The monoisotopic (exact) mass is 289 g/mol. The number of hydrogen-bond acceptors (Lipinski definition) is 1. The van der Waals surface area contributed by atoms with Crippen LogP contribution in [0.4, 0.5) is 0 Å². The third-order valence-corrected chi connectivity index (χ3v) is 3.89. The fraction of sp³-hybridized carbons (Fsp3) is 0.632. The normalized spacial score (nSPS) is 12.4. The quantitative estimate of drug-likeness (QED) is 0.610. The van der Waals surface area contributed by atoms with E-state index in [-0.39, 0.29) is 11.8 Å². The first-order valence-corrected chi connectivity index (χ1v) is 8.47. The molecule has 2 heteroatoms. The number of amides is 1. The second-order valence-corrected chi connectivity index (χ2v) is 6.29. The van der Waals surface area contributed by atoms with Gasteiger partial charge in [0.25, 0.3) is 0 Å². The first-order valence-electron chi connectivity index (χ1n) is 8.47. The zero-order valence-electron chi connectivity index (χ0n) is 13.9. The molecule has 1 unspecified atom stereocenters. The van der Waals surface area contributed by atoms with E-state index in [4.69, 9.17) is 0 Å². The summed E-state index contributed by atoms with van der Waals surface area (Å²) in [6.07, 6.45) is 6.85. The van der Waals surface area contributed by atoms with Gasteiger partial charge in [-0.1, -0.05) is 76.8 Å². The van der Waals surface area contributed by atoms with E-state index >= 15 is 0 Å². The molecule has 21 heavy (non-hydrogen) atoms. The number of unbranched alkanes of at least 4 members (excludes halogenated alkanes) is 3. The highest BCUT2D eigenvalue weighted by atomic mass is 16.1. The van der Waals surface area contributed by atoms with Gasteiger partial charge in [0.2, 0.25) is 5.91 Å². The van der Waals surface area contributed by atoms with E-state index in [1.54, 1.807) is 0 Å². The van der Waals surface area contributed by atoms with Crippen LogP contribution < -0.4 is 5.32 Å². The van der Waals surface area contributed by atoms with Gasteiger partial charge in [-0.05, 0) is 24.3 Å². The number of hydrogen-bond donors (Lipinski definition) is 1. The van der Waals surface area contributed by atoms with E-state index in [2.05, 4.69) is 38.2 Å². The third-order valence-electron chi connectivity index (χ3n) is 3.89. The lowest BCUT2D eigenvalue weighted by Crippen LogP contribution is -2.30. The van der Waals surface area contributed by atoms with Crippen LogP contribution in [0.2, 0.25) is 0 Å². The van der Waals surface area contributed by atoms with Crippen molar-refractivity contribution in [2.45, 2.75) is 65.2 Å².